The molecule has 1 aliphatic rings. The largest absolute Gasteiger partial charge is 0.377 e. The Morgan fingerprint density at radius 2 is 1.94 bits per heavy atom. The normalized spacial score (nSPS) is 14.7. The van der Waals surface area contributed by atoms with Crippen LogP contribution in [0.3, 0.4) is 0 Å². The minimum atomic E-state index is 0.0764. The van der Waals surface area contributed by atoms with Crippen LogP contribution in [0.15, 0.2) is 41.0 Å². The highest BCUT2D eigenvalue weighted by Crippen LogP contribution is 2.31. The highest BCUT2D eigenvalue weighted by molar-refractivity contribution is 9.10. The van der Waals surface area contributed by atoms with Crippen LogP contribution >= 0.6 is 15.9 Å². The molecule has 0 N–H and O–H groups in total. The highest BCUT2D eigenvalue weighted by atomic mass is 79.9. The number of pyridine rings is 1. The van der Waals surface area contributed by atoms with E-state index in [1.807, 2.05) is 29.7 Å². The molecule has 1 saturated heterocycles. The Bertz CT molecular complexity index is 1280. The van der Waals surface area contributed by atoms with E-state index in [9.17, 15) is 9.59 Å². The number of fused-ring (bicyclic) bond motifs is 1. The number of methoxy groups -OCH3 is 1. The molecule has 3 aromatic rings. The molecular weight excluding hydrogens is 520 g/mol. The molecule has 0 radical (unpaired) electrons. The Hall–Kier alpha value is -2.86. The molecule has 1 fully saturated rings. The minimum Gasteiger partial charge on any atom is -0.377 e. The smallest absolute Gasteiger partial charge is 0.187 e. The average molecular weight is 551 g/mol. The number of ketones is 2. The van der Waals surface area contributed by atoms with E-state index in [2.05, 4.69) is 30.7 Å². The molecule has 36 heavy (non-hydrogen) atoms. The van der Waals surface area contributed by atoms with E-state index >= 15 is 0 Å². The van der Waals surface area contributed by atoms with Gasteiger partial charge in [0.1, 0.15) is 6.61 Å². The summed E-state index contributed by atoms with van der Waals surface area (Å²) in [6.45, 7) is 11.5. The number of halogens is 1. The van der Waals surface area contributed by atoms with Crippen LogP contribution in [0.25, 0.3) is 21.6 Å². The van der Waals surface area contributed by atoms with Gasteiger partial charge in [0.25, 0.3) is 0 Å². The molecule has 3 heterocycles. The Morgan fingerprint density at radius 1 is 1.22 bits per heavy atom. The second-order valence-corrected chi connectivity index (χ2v) is 10.4. The summed E-state index contributed by atoms with van der Waals surface area (Å²) in [4.78, 5) is 35.6. The van der Waals surface area contributed by atoms with Gasteiger partial charge in [-0.25, -0.2) is 4.85 Å². The molecule has 0 spiro atoms. The monoisotopic (exact) mass is 550 g/mol. The summed E-state index contributed by atoms with van der Waals surface area (Å²) in [6.07, 6.45) is 6.36. The van der Waals surface area contributed by atoms with Crippen molar-refractivity contribution in [2.75, 3.05) is 33.4 Å². The number of piperidine rings is 1. The van der Waals surface area contributed by atoms with Crippen molar-refractivity contribution in [3.63, 3.8) is 0 Å². The van der Waals surface area contributed by atoms with E-state index < -0.39 is 0 Å². The molecule has 0 amide bonds. The Morgan fingerprint density at radius 3 is 2.61 bits per heavy atom. The maximum absolute atomic E-state index is 13.6. The molecule has 0 aliphatic carbocycles. The fourth-order valence-electron chi connectivity index (χ4n) is 5.13. The number of benzene rings is 1. The predicted molar refractivity (Wildman–Crippen MR) is 144 cm³/mol. The third-order valence-corrected chi connectivity index (χ3v) is 7.41. The molecule has 1 aliphatic heterocycles. The van der Waals surface area contributed by atoms with E-state index in [0.717, 1.165) is 60.1 Å². The number of nitrogens with zero attached hydrogens (tertiary/aromatic N) is 4. The molecule has 7 nitrogen and oxygen atoms in total. The van der Waals surface area contributed by atoms with Gasteiger partial charge in [0.15, 0.2) is 17.3 Å². The Balaban J connectivity index is 1.46. The van der Waals surface area contributed by atoms with Crippen LogP contribution in [-0.2, 0) is 9.53 Å². The van der Waals surface area contributed by atoms with Crippen molar-refractivity contribution in [3.05, 3.63) is 63.7 Å². The molecule has 4 rings (SSSR count). The molecule has 0 saturated carbocycles. The zero-order valence-corrected chi connectivity index (χ0v) is 22.4. The second-order valence-electron chi connectivity index (χ2n) is 9.45. The van der Waals surface area contributed by atoms with Gasteiger partial charge in [-0.3, -0.25) is 19.5 Å². The van der Waals surface area contributed by atoms with Crippen molar-refractivity contribution < 1.29 is 14.3 Å². The summed E-state index contributed by atoms with van der Waals surface area (Å²) < 4.78 is 7.79. The average Bonchev–Trinajstić information content (AvgIpc) is 3.16. The number of hydrogen-bond acceptors (Lipinski definition) is 5. The summed E-state index contributed by atoms with van der Waals surface area (Å²) in [6, 6.07) is 9.37. The molecular formula is C28H31BrN4O3. The van der Waals surface area contributed by atoms with Gasteiger partial charge >= 0.3 is 0 Å². The molecule has 188 valence electrons. The van der Waals surface area contributed by atoms with E-state index in [-0.39, 0.29) is 18.2 Å². The number of carbonyl (C=O) groups is 2. The van der Waals surface area contributed by atoms with Crippen LogP contribution in [0, 0.1) is 19.4 Å². The molecule has 0 unspecified atom stereocenters. The van der Waals surface area contributed by atoms with Crippen molar-refractivity contribution in [1.29, 1.82) is 0 Å². The van der Waals surface area contributed by atoms with Crippen molar-refractivity contribution in [3.8, 4) is 5.69 Å². The number of likely N-dealkylation sites (tertiary alicyclic amines) is 1. The topological polar surface area (TPSA) is 68.8 Å². The van der Waals surface area contributed by atoms with Crippen LogP contribution in [0.5, 0.6) is 0 Å². The van der Waals surface area contributed by atoms with Crippen LogP contribution in [0.4, 0.5) is 5.69 Å². The SMILES string of the molecule is [C-]#[N+]c1ccc(-n2c(C)c(C(=O)CN3CCC(CCCC(=O)COC)CC3)c3ncc(Br)cc32)cc1. The summed E-state index contributed by atoms with van der Waals surface area (Å²) >= 11 is 3.52. The number of hydrogen-bond donors (Lipinski definition) is 0. The molecule has 0 atom stereocenters. The number of rotatable bonds is 10. The summed E-state index contributed by atoms with van der Waals surface area (Å²) in [5, 5.41) is 0. The quantitative estimate of drug-likeness (QED) is 0.231. The second kappa shape index (κ2) is 11.9. The fourth-order valence-corrected chi connectivity index (χ4v) is 5.45. The lowest BCUT2D eigenvalue weighted by molar-refractivity contribution is -0.122. The third-order valence-electron chi connectivity index (χ3n) is 6.97. The van der Waals surface area contributed by atoms with Crippen molar-refractivity contribution in [2.45, 2.75) is 39.0 Å². The van der Waals surface area contributed by atoms with Gasteiger partial charge in [-0.05, 0) is 85.7 Å². The lowest BCUT2D eigenvalue weighted by atomic mass is 9.91. The van der Waals surface area contributed by atoms with Crippen molar-refractivity contribution in [2.24, 2.45) is 5.92 Å². The van der Waals surface area contributed by atoms with Crippen LogP contribution in [0.2, 0.25) is 0 Å². The first-order valence-electron chi connectivity index (χ1n) is 12.3. The first-order chi connectivity index (χ1) is 17.4. The molecule has 0 bridgehead atoms. The van der Waals surface area contributed by atoms with E-state index in [1.165, 1.54) is 0 Å². The van der Waals surface area contributed by atoms with Gasteiger partial charge in [0.05, 0.1) is 29.7 Å². The van der Waals surface area contributed by atoms with Crippen LogP contribution in [0.1, 0.15) is 48.2 Å². The Labute approximate surface area is 220 Å². The van der Waals surface area contributed by atoms with Gasteiger partial charge in [-0.2, -0.15) is 0 Å². The Kier molecular flexibility index (Phi) is 8.68. The summed E-state index contributed by atoms with van der Waals surface area (Å²) in [7, 11) is 1.55. The van der Waals surface area contributed by atoms with Crippen LogP contribution in [-0.4, -0.2) is 59.4 Å². The number of carbonyl (C=O) groups excluding carboxylic acids is 2. The minimum absolute atomic E-state index is 0.0764. The zero-order valence-electron chi connectivity index (χ0n) is 20.8. The van der Waals surface area contributed by atoms with Gasteiger partial charge in [-0.15, -0.1) is 0 Å². The van der Waals surface area contributed by atoms with Crippen LogP contribution < -0.4 is 0 Å². The standard InChI is InChI=1S/C28H31BrN4O3/c1-19-27(26(35)17-32-13-11-20(12-14-32)5-4-6-24(34)18-36-3)28-25(15-21(29)16-31-28)33(19)23-9-7-22(30-2)8-10-23/h7-10,15-16,20H,4-6,11-14,17-18H2,1,3H3. The molecule has 8 heteroatoms. The van der Waals surface area contributed by atoms with Crippen molar-refractivity contribution >= 4 is 44.2 Å². The lowest BCUT2D eigenvalue weighted by Gasteiger charge is -2.31. The zero-order chi connectivity index (χ0) is 25.7. The molecule has 1 aromatic carbocycles. The lowest BCUT2D eigenvalue weighted by Crippen LogP contribution is -2.37. The predicted octanol–water partition coefficient (Wildman–Crippen LogP) is 5.93. The number of Topliss-reactive ketones (excluding diaryl/α,β-unsaturated/α-hetero) is 2. The fraction of sp³-hybridized carbons (Fsp3) is 0.429. The van der Waals surface area contributed by atoms with Gasteiger partial charge < -0.3 is 9.30 Å². The maximum Gasteiger partial charge on any atom is 0.187 e. The van der Waals surface area contributed by atoms with Crippen molar-refractivity contribution in [1.82, 2.24) is 14.5 Å². The summed E-state index contributed by atoms with van der Waals surface area (Å²) in [5.74, 6) is 0.846. The first-order valence-corrected chi connectivity index (χ1v) is 13.1. The van der Waals surface area contributed by atoms with Gasteiger partial charge in [0, 0.05) is 35.6 Å². The maximum atomic E-state index is 13.6. The first kappa shape index (κ1) is 26.2. The van der Waals surface area contributed by atoms with E-state index in [4.69, 9.17) is 11.3 Å². The number of ether oxygens (including phenoxy) is 1. The third kappa shape index (κ3) is 5.92. The van der Waals surface area contributed by atoms with Gasteiger partial charge in [-0.1, -0.05) is 12.1 Å². The van der Waals surface area contributed by atoms with E-state index in [0.29, 0.717) is 35.7 Å². The highest BCUT2D eigenvalue weighted by Gasteiger charge is 2.26. The molecule has 2 aromatic heterocycles. The number of aromatic nitrogens is 2. The summed E-state index contributed by atoms with van der Waals surface area (Å²) in [5.41, 5.74) is 4.55. The van der Waals surface area contributed by atoms with E-state index in [1.54, 1.807) is 25.4 Å². The van der Waals surface area contributed by atoms with Gasteiger partial charge in [0.2, 0.25) is 0 Å².